The minimum Gasteiger partial charge on any atom is -0.493 e. The van der Waals surface area contributed by atoms with E-state index in [0.717, 1.165) is 31.5 Å². The van der Waals surface area contributed by atoms with Gasteiger partial charge in [0, 0.05) is 13.7 Å². The lowest BCUT2D eigenvalue weighted by molar-refractivity contribution is -0.136. The summed E-state index contributed by atoms with van der Waals surface area (Å²) >= 11 is 0. The Hall–Kier alpha value is -1.50. The molecule has 1 fully saturated rings. The Morgan fingerprint density at radius 3 is 2.56 bits per heavy atom. The first-order valence-electron chi connectivity index (χ1n) is 8.43. The molecule has 0 unspecified atom stereocenters. The van der Waals surface area contributed by atoms with Gasteiger partial charge in [0.2, 0.25) is 5.91 Å². The van der Waals surface area contributed by atoms with E-state index >= 15 is 0 Å². The van der Waals surface area contributed by atoms with Gasteiger partial charge in [-0.1, -0.05) is 6.07 Å². The second-order valence-electron chi connectivity index (χ2n) is 6.06. The summed E-state index contributed by atoms with van der Waals surface area (Å²) in [4.78, 5) is 12.7. The van der Waals surface area contributed by atoms with Gasteiger partial charge in [-0.2, -0.15) is 0 Å². The van der Waals surface area contributed by atoms with Gasteiger partial charge in [-0.05, 0) is 50.6 Å². The fourth-order valence-electron chi connectivity index (χ4n) is 3.09. The minimum atomic E-state index is -0.435. The Morgan fingerprint density at radius 1 is 1.24 bits per heavy atom. The topological polar surface area (TPSA) is 68.8 Å². The third kappa shape index (κ3) is 5.49. The maximum Gasteiger partial charge on any atom is 0.228 e. The van der Waals surface area contributed by atoms with Crippen molar-refractivity contribution in [2.45, 2.75) is 26.3 Å². The normalized spacial score (nSPS) is 15.8. The van der Waals surface area contributed by atoms with Crippen LogP contribution in [0.15, 0.2) is 18.2 Å². The molecule has 1 heterocycles. The van der Waals surface area contributed by atoms with E-state index < -0.39 is 5.41 Å². The highest BCUT2D eigenvalue weighted by Gasteiger charge is 2.39. The zero-order valence-electron chi connectivity index (χ0n) is 15.2. The van der Waals surface area contributed by atoms with Crippen LogP contribution in [0.4, 0.5) is 0 Å². The molecule has 1 aromatic carbocycles. The first-order chi connectivity index (χ1) is 11.6. The van der Waals surface area contributed by atoms with E-state index in [0.29, 0.717) is 31.3 Å². The zero-order valence-corrected chi connectivity index (χ0v) is 16.0. The number of carbonyl (C=O) groups excluding carboxylic acids is 1. The summed E-state index contributed by atoms with van der Waals surface area (Å²) in [5, 5.41) is 6.35. The Kier molecular flexibility index (Phi) is 9.03. The predicted molar refractivity (Wildman–Crippen MR) is 99.7 cm³/mol. The maximum atomic E-state index is 12.7. The molecule has 0 atom stereocenters. The van der Waals surface area contributed by atoms with Gasteiger partial charge in [0.25, 0.3) is 0 Å². The fraction of sp³-hybridized carbons (Fsp3) is 0.611. The maximum absolute atomic E-state index is 12.7. The largest absolute Gasteiger partial charge is 0.493 e. The Labute approximate surface area is 156 Å². The van der Waals surface area contributed by atoms with Crippen LogP contribution in [0.2, 0.25) is 0 Å². The van der Waals surface area contributed by atoms with Crippen molar-refractivity contribution in [1.82, 2.24) is 10.6 Å². The molecule has 0 spiro atoms. The van der Waals surface area contributed by atoms with Gasteiger partial charge < -0.3 is 24.8 Å². The molecule has 142 valence electrons. The Morgan fingerprint density at radius 2 is 1.96 bits per heavy atom. The third-order valence-corrected chi connectivity index (χ3v) is 4.44. The SMILES string of the molecule is CCOc1ccc(CNC(=O)C2(COC)CCNCC2)cc1OC.Cl. The molecule has 1 saturated heterocycles. The van der Waals surface area contributed by atoms with Crippen LogP contribution in [0.3, 0.4) is 0 Å². The Balaban J connectivity index is 0.00000312. The number of benzene rings is 1. The van der Waals surface area contributed by atoms with Gasteiger partial charge in [0.05, 0.1) is 25.7 Å². The Bertz CT molecular complexity index is 542. The molecule has 0 radical (unpaired) electrons. The average Bonchev–Trinajstić information content (AvgIpc) is 2.61. The van der Waals surface area contributed by atoms with Crippen LogP contribution in [0.25, 0.3) is 0 Å². The number of carbonyl (C=O) groups is 1. The number of hydrogen-bond donors (Lipinski definition) is 2. The van der Waals surface area contributed by atoms with Gasteiger partial charge >= 0.3 is 0 Å². The van der Waals surface area contributed by atoms with Crippen LogP contribution in [-0.4, -0.2) is 46.4 Å². The van der Waals surface area contributed by atoms with Crippen LogP contribution in [0, 0.1) is 5.41 Å². The highest BCUT2D eigenvalue weighted by molar-refractivity contribution is 5.85. The molecular formula is C18H29ClN2O4. The molecule has 2 N–H and O–H groups in total. The van der Waals surface area contributed by atoms with Crippen LogP contribution in [0.1, 0.15) is 25.3 Å². The number of nitrogens with one attached hydrogen (secondary N) is 2. The molecule has 1 aliphatic rings. The monoisotopic (exact) mass is 372 g/mol. The summed E-state index contributed by atoms with van der Waals surface area (Å²) in [5.74, 6) is 1.44. The van der Waals surface area contributed by atoms with Crippen molar-refractivity contribution in [1.29, 1.82) is 0 Å². The number of hydrogen-bond acceptors (Lipinski definition) is 5. The molecule has 1 amide bonds. The van der Waals surface area contributed by atoms with Crippen molar-refractivity contribution in [3.63, 3.8) is 0 Å². The minimum absolute atomic E-state index is 0. The second kappa shape index (κ2) is 10.5. The van der Waals surface area contributed by atoms with E-state index in [1.165, 1.54) is 0 Å². The highest BCUT2D eigenvalue weighted by atomic mass is 35.5. The standard InChI is InChI=1S/C18H28N2O4.ClH/c1-4-24-15-6-5-14(11-16(15)23-3)12-20-17(21)18(13-22-2)7-9-19-10-8-18;/h5-6,11,19H,4,7-10,12-13H2,1-3H3,(H,20,21);1H. The molecule has 0 saturated carbocycles. The lowest BCUT2D eigenvalue weighted by atomic mass is 9.78. The number of amides is 1. The van der Waals surface area contributed by atoms with Gasteiger partial charge in [-0.3, -0.25) is 4.79 Å². The quantitative estimate of drug-likeness (QED) is 0.731. The summed E-state index contributed by atoms with van der Waals surface area (Å²) in [6, 6.07) is 5.72. The van der Waals surface area contributed by atoms with Crippen molar-refractivity contribution in [2.75, 3.05) is 40.5 Å². The van der Waals surface area contributed by atoms with E-state index in [1.54, 1.807) is 14.2 Å². The molecule has 1 aromatic rings. The summed E-state index contributed by atoms with van der Waals surface area (Å²) in [6.07, 6.45) is 1.58. The summed E-state index contributed by atoms with van der Waals surface area (Å²) in [5.41, 5.74) is 0.542. The summed E-state index contributed by atoms with van der Waals surface area (Å²) in [6.45, 7) is 5.11. The zero-order chi connectivity index (χ0) is 17.4. The summed E-state index contributed by atoms with van der Waals surface area (Å²) in [7, 11) is 3.26. The molecule has 0 aromatic heterocycles. The molecule has 6 nitrogen and oxygen atoms in total. The number of rotatable bonds is 8. The number of ether oxygens (including phenoxy) is 3. The van der Waals surface area contributed by atoms with Crippen LogP contribution < -0.4 is 20.1 Å². The van der Waals surface area contributed by atoms with E-state index in [1.807, 2.05) is 25.1 Å². The molecular weight excluding hydrogens is 344 g/mol. The van der Waals surface area contributed by atoms with Crippen molar-refractivity contribution in [3.8, 4) is 11.5 Å². The number of piperidine rings is 1. The average molecular weight is 373 g/mol. The van der Waals surface area contributed by atoms with Crippen LogP contribution in [-0.2, 0) is 16.1 Å². The molecule has 0 bridgehead atoms. The third-order valence-electron chi connectivity index (χ3n) is 4.44. The predicted octanol–water partition coefficient (Wildman–Crippen LogP) is 2.15. The van der Waals surface area contributed by atoms with Crippen LogP contribution in [0.5, 0.6) is 11.5 Å². The smallest absolute Gasteiger partial charge is 0.228 e. The van der Waals surface area contributed by atoms with Gasteiger partial charge in [-0.15, -0.1) is 12.4 Å². The van der Waals surface area contributed by atoms with E-state index in [2.05, 4.69) is 10.6 Å². The second-order valence-corrected chi connectivity index (χ2v) is 6.06. The molecule has 1 aliphatic heterocycles. The first-order valence-corrected chi connectivity index (χ1v) is 8.43. The first kappa shape index (κ1) is 21.5. The lowest BCUT2D eigenvalue weighted by Crippen LogP contribution is -2.49. The lowest BCUT2D eigenvalue weighted by Gasteiger charge is -2.35. The van der Waals surface area contributed by atoms with Crippen LogP contribution >= 0.6 is 12.4 Å². The molecule has 25 heavy (non-hydrogen) atoms. The number of halogens is 1. The molecule has 0 aliphatic carbocycles. The fourth-order valence-corrected chi connectivity index (χ4v) is 3.09. The number of methoxy groups -OCH3 is 2. The van der Waals surface area contributed by atoms with Crippen molar-refractivity contribution in [2.24, 2.45) is 5.41 Å². The van der Waals surface area contributed by atoms with Gasteiger partial charge in [0.15, 0.2) is 11.5 Å². The van der Waals surface area contributed by atoms with E-state index in [-0.39, 0.29) is 18.3 Å². The molecule has 2 rings (SSSR count). The molecule has 7 heteroatoms. The van der Waals surface area contributed by atoms with E-state index in [9.17, 15) is 4.79 Å². The highest BCUT2D eigenvalue weighted by Crippen LogP contribution is 2.30. The van der Waals surface area contributed by atoms with Crippen molar-refractivity contribution < 1.29 is 19.0 Å². The summed E-state index contributed by atoms with van der Waals surface area (Å²) < 4.78 is 16.2. The van der Waals surface area contributed by atoms with Gasteiger partial charge in [0.1, 0.15) is 0 Å². The van der Waals surface area contributed by atoms with Crippen molar-refractivity contribution >= 4 is 18.3 Å². The van der Waals surface area contributed by atoms with Gasteiger partial charge in [-0.25, -0.2) is 0 Å². The van der Waals surface area contributed by atoms with E-state index in [4.69, 9.17) is 14.2 Å². The van der Waals surface area contributed by atoms with Crippen molar-refractivity contribution in [3.05, 3.63) is 23.8 Å².